The van der Waals surface area contributed by atoms with Crippen LogP contribution in [0.1, 0.15) is 46.5 Å². The summed E-state index contributed by atoms with van der Waals surface area (Å²) in [7, 11) is 0. The molecular weight excluding hydrogens is 452 g/mol. The number of carbonyl (C=O) groups is 2. The lowest BCUT2D eigenvalue weighted by molar-refractivity contribution is 0.0938. The molecule has 3 aromatic heterocycles. The topological polar surface area (TPSA) is 113 Å². The first kappa shape index (κ1) is 21.9. The van der Waals surface area contributed by atoms with E-state index in [0.29, 0.717) is 16.6 Å². The monoisotopic (exact) mass is 476 g/mol. The zero-order valence-corrected chi connectivity index (χ0v) is 19.5. The summed E-state index contributed by atoms with van der Waals surface area (Å²) in [6, 6.07) is 17.2. The molecule has 6 rings (SSSR count). The number of hydrogen-bond donors (Lipinski definition) is 3. The van der Waals surface area contributed by atoms with Crippen LogP contribution in [0.3, 0.4) is 0 Å². The van der Waals surface area contributed by atoms with E-state index in [1.54, 1.807) is 24.7 Å². The predicted molar refractivity (Wildman–Crippen MR) is 139 cm³/mol. The van der Waals surface area contributed by atoms with Crippen molar-refractivity contribution in [1.82, 2.24) is 25.3 Å². The maximum atomic E-state index is 13.3. The average Bonchev–Trinajstić information content (AvgIpc) is 3.57. The molecule has 0 bridgehead atoms. The Hall–Kier alpha value is -4.59. The van der Waals surface area contributed by atoms with Gasteiger partial charge < -0.3 is 10.3 Å². The van der Waals surface area contributed by atoms with Gasteiger partial charge in [0.25, 0.3) is 11.8 Å². The third-order valence-corrected chi connectivity index (χ3v) is 6.63. The van der Waals surface area contributed by atoms with Crippen LogP contribution in [0.25, 0.3) is 32.9 Å². The lowest BCUT2D eigenvalue weighted by Crippen LogP contribution is -2.32. The summed E-state index contributed by atoms with van der Waals surface area (Å²) in [6.45, 7) is 0. The van der Waals surface area contributed by atoms with E-state index in [2.05, 4.69) is 30.6 Å². The van der Waals surface area contributed by atoms with Crippen LogP contribution in [-0.4, -0.2) is 37.8 Å². The van der Waals surface area contributed by atoms with Crippen molar-refractivity contribution in [3.05, 3.63) is 84.4 Å². The molecule has 36 heavy (non-hydrogen) atoms. The van der Waals surface area contributed by atoms with Crippen LogP contribution in [0.15, 0.2) is 73.2 Å². The number of amides is 2. The van der Waals surface area contributed by atoms with E-state index in [1.165, 1.54) is 0 Å². The quantitative estimate of drug-likeness (QED) is 0.327. The van der Waals surface area contributed by atoms with Gasteiger partial charge >= 0.3 is 0 Å². The lowest BCUT2D eigenvalue weighted by Gasteiger charge is -2.13. The molecule has 3 heterocycles. The third kappa shape index (κ3) is 4.29. The SMILES string of the molecule is O=C(Nc1nc2c(C(=O)NC3CCCC3)cc(-c3ccncc3)cc2[nH]1)c1cc2ccccc2cn1. The highest BCUT2D eigenvalue weighted by Gasteiger charge is 2.22. The minimum atomic E-state index is -0.383. The molecule has 3 N–H and O–H groups in total. The number of benzene rings is 2. The first-order valence-electron chi connectivity index (χ1n) is 12.1. The molecule has 1 fully saturated rings. The van der Waals surface area contributed by atoms with E-state index in [4.69, 9.17) is 0 Å². The minimum Gasteiger partial charge on any atom is -0.349 e. The number of aromatic nitrogens is 4. The molecule has 2 amide bonds. The summed E-state index contributed by atoms with van der Waals surface area (Å²) < 4.78 is 0. The van der Waals surface area contributed by atoms with E-state index < -0.39 is 0 Å². The summed E-state index contributed by atoms with van der Waals surface area (Å²) in [5, 5.41) is 7.84. The largest absolute Gasteiger partial charge is 0.349 e. The van der Waals surface area contributed by atoms with Crippen molar-refractivity contribution in [1.29, 1.82) is 0 Å². The second-order valence-electron chi connectivity index (χ2n) is 9.07. The van der Waals surface area contributed by atoms with Gasteiger partial charge in [0, 0.05) is 30.0 Å². The van der Waals surface area contributed by atoms with Crippen molar-refractivity contribution >= 4 is 39.6 Å². The number of anilines is 1. The maximum absolute atomic E-state index is 13.3. The second-order valence-corrected chi connectivity index (χ2v) is 9.07. The first-order valence-corrected chi connectivity index (χ1v) is 12.1. The zero-order valence-electron chi connectivity index (χ0n) is 19.5. The van der Waals surface area contributed by atoms with Gasteiger partial charge in [-0.15, -0.1) is 0 Å². The van der Waals surface area contributed by atoms with Crippen molar-refractivity contribution in [2.24, 2.45) is 0 Å². The highest BCUT2D eigenvalue weighted by atomic mass is 16.2. The standard InChI is InChI=1S/C28H24N6O2/c35-26(31-21-7-3-4-8-21)22-13-20(17-9-11-29-12-10-17)15-23-25(22)33-28(32-23)34-27(36)24-14-18-5-1-2-6-19(18)16-30-24/h1-2,5-6,9-16,21H,3-4,7-8H2,(H,31,35)(H2,32,33,34,36). The lowest BCUT2D eigenvalue weighted by atomic mass is 10.0. The van der Waals surface area contributed by atoms with Gasteiger partial charge in [0.15, 0.2) is 0 Å². The van der Waals surface area contributed by atoms with Crippen molar-refractivity contribution in [3.8, 4) is 11.1 Å². The molecule has 0 unspecified atom stereocenters. The van der Waals surface area contributed by atoms with Gasteiger partial charge in [0.05, 0.1) is 11.1 Å². The van der Waals surface area contributed by atoms with Gasteiger partial charge in [-0.3, -0.25) is 24.9 Å². The number of carbonyl (C=O) groups excluding carboxylic acids is 2. The number of rotatable bonds is 5. The number of pyridine rings is 2. The number of fused-ring (bicyclic) bond motifs is 2. The molecule has 2 aromatic carbocycles. The van der Waals surface area contributed by atoms with E-state index in [0.717, 1.165) is 47.6 Å². The Kier molecular flexibility index (Phi) is 5.61. The molecule has 0 aliphatic heterocycles. The van der Waals surface area contributed by atoms with Crippen molar-refractivity contribution in [3.63, 3.8) is 0 Å². The van der Waals surface area contributed by atoms with Crippen LogP contribution in [0.4, 0.5) is 5.95 Å². The summed E-state index contributed by atoms with van der Waals surface area (Å²) in [5.74, 6) is -0.291. The smallest absolute Gasteiger partial charge is 0.276 e. The average molecular weight is 477 g/mol. The Balaban J connectivity index is 1.35. The number of imidazole rings is 1. The van der Waals surface area contributed by atoms with Crippen LogP contribution in [0, 0.1) is 0 Å². The Labute approximate surface area is 207 Å². The summed E-state index contributed by atoms with van der Waals surface area (Å²) in [5.41, 5.74) is 3.70. The number of nitrogens with zero attached hydrogens (tertiary/aromatic N) is 3. The van der Waals surface area contributed by atoms with Gasteiger partial charge in [-0.25, -0.2) is 4.98 Å². The van der Waals surface area contributed by atoms with Gasteiger partial charge in [-0.05, 0) is 59.7 Å². The Bertz CT molecular complexity index is 1590. The summed E-state index contributed by atoms with van der Waals surface area (Å²) in [6.07, 6.45) is 9.33. The number of nitrogens with one attached hydrogen (secondary N) is 3. The second kappa shape index (κ2) is 9.22. The van der Waals surface area contributed by atoms with Crippen molar-refractivity contribution in [2.75, 3.05) is 5.32 Å². The normalized spacial score (nSPS) is 13.8. The van der Waals surface area contributed by atoms with Crippen molar-refractivity contribution < 1.29 is 9.59 Å². The van der Waals surface area contributed by atoms with Gasteiger partial charge in [0.2, 0.25) is 5.95 Å². The molecule has 0 spiro atoms. The maximum Gasteiger partial charge on any atom is 0.276 e. The van der Waals surface area contributed by atoms with E-state index in [1.807, 2.05) is 48.5 Å². The molecule has 0 atom stereocenters. The van der Waals surface area contributed by atoms with Crippen LogP contribution >= 0.6 is 0 Å². The van der Waals surface area contributed by atoms with Gasteiger partial charge in [0.1, 0.15) is 11.2 Å². The van der Waals surface area contributed by atoms with E-state index >= 15 is 0 Å². The van der Waals surface area contributed by atoms with Gasteiger partial charge in [-0.1, -0.05) is 37.1 Å². The molecule has 1 saturated carbocycles. The van der Waals surface area contributed by atoms with E-state index in [9.17, 15) is 9.59 Å². The Morgan fingerprint density at radius 3 is 2.47 bits per heavy atom. The molecule has 5 aromatic rings. The molecule has 0 radical (unpaired) electrons. The van der Waals surface area contributed by atoms with Crippen LogP contribution in [0.2, 0.25) is 0 Å². The fraction of sp³-hybridized carbons (Fsp3) is 0.179. The highest BCUT2D eigenvalue weighted by molar-refractivity contribution is 6.09. The molecule has 8 nitrogen and oxygen atoms in total. The molecule has 178 valence electrons. The van der Waals surface area contributed by atoms with Gasteiger partial charge in [-0.2, -0.15) is 0 Å². The minimum absolute atomic E-state index is 0.164. The van der Waals surface area contributed by atoms with Crippen molar-refractivity contribution in [2.45, 2.75) is 31.7 Å². The zero-order chi connectivity index (χ0) is 24.5. The molecule has 0 saturated heterocycles. The molecule has 1 aliphatic rings. The fourth-order valence-electron chi connectivity index (χ4n) is 4.77. The van der Waals surface area contributed by atoms with Crippen LogP contribution < -0.4 is 10.6 Å². The number of hydrogen-bond acceptors (Lipinski definition) is 5. The fourth-order valence-corrected chi connectivity index (χ4v) is 4.77. The predicted octanol–water partition coefficient (Wildman–Crippen LogP) is 5.10. The number of H-pyrrole nitrogens is 1. The summed E-state index contributed by atoms with van der Waals surface area (Å²) >= 11 is 0. The molecular formula is C28H24N6O2. The third-order valence-electron chi connectivity index (χ3n) is 6.63. The molecule has 8 heteroatoms. The molecule has 1 aliphatic carbocycles. The Morgan fingerprint density at radius 1 is 0.889 bits per heavy atom. The van der Waals surface area contributed by atoms with E-state index in [-0.39, 0.29) is 29.5 Å². The first-order chi connectivity index (χ1) is 17.6. The Morgan fingerprint density at radius 2 is 1.67 bits per heavy atom. The highest BCUT2D eigenvalue weighted by Crippen LogP contribution is 2.28. The number of aromatic amines is 1. The summed E-state index contributed by atoms with van der Waals surface area (Å²) in [4.78, 5) is 42.4. The van der Waals surface area contributed by atoms with Crippen LogP contribution in [0.5, 0.6) is 0 Å². The van der Waals surface area contributed by atoms with Crippen LogP contribution in [-0.2, 0) is 0 Å².